The van der Waals surface area contributed by atoms with Gasteiger partial charge in [-0.25, -0.2) is 0 Å². The number of rotatable bonds is 7. The van der Waals surface area contributed by atoms with E-state index in [-0.39, 0.29) is 0 Å². The number of para-hydroxylation sites is 1. The van der Waals surface area contributed by atoms with E-state index in [0.717, 1.165) is 25.0 Å². The first-order valence-electron chi connectivity index (χ1n) is 6.16. The molecule has 0 spiro atoms. The van der Waals surface area contributed by atoms with Crippen molar-refractivity contribution in [2.24, 2.45) is 0 Å². The number of unbranched alkanes of at least 4 members (excludes halogenated alkanes) is 1. The minimum atomic E-state index is 0.346. The molecule has 17 heavy (non-hydrogen) atoms. The van der Waals surface area contributed by atoms with Gasteiger partial charge in [-0.2, -0.15) is 0 Å². The van der Waals surface area contributed by atoms with Crippen molar-refractivity contribution in [2.45, 2.75) is 32.2 Å². The lowest BCUT2D eigenvalue weighted by Crippen LogP contribution is -2.16. The Morgan fingerprint density at radius 2 is 2.18 bits per heavy atom. The van der Waals surface area contributed by atoms with Crippen LogP contribution < -0.4 is 10.1 Å². The fourth-order valence-corrected chi connectivity index (χ4v) is 1.84. The summed E-state index contributed by atoms with van der Waals surface area (Å²) in [7, 11) is 1.98. The van der Waals surface area contributed by atoms with Gasteiger partial charge in [-0.1, -0.05) is 25.1 Å². The molecule has 1 aromatic carbocycles. The molecule has 92 valence electrons. The Bertz CT molecular complexity index is 363. The van der Waals surface area contributed by atoms with Crippen molar-refractivity contribution < 1.29 is 4.74 Å². The van der Waals surface area contributed by atoms with Crippen LogP contribution >= 0.6 is 0 Å². The molecule has 0 saturated carbocycles. The van der Waals surface area contributed by atoms with Gasteiger partial charge in [0.15, 0.2) is 0 Å². The Balaban J connectivity index is 2.67. The van der Waals surface area contributed by atoms with Crippen molar-refractivity contribution in [1.82, 2.24) is 5.32 Å². The largest absolute Gasteiger partial charge is 0.493 e. The molecule has 0 aromatic heterocycles. The lowest BCUT2D eigenvalue weighted by molar-refractivity contribution is 0.306. The zero-order valence-corrected chi connectivity index (χ0v) is 10.7. The van der Waals surface area contributed by atoms with Crippen LogP contribution in [0.25, 0.3) is 0 Å². The molecule has 1 aromatic rings. The molecule has 0 saturated heterocycles. The van der Waals surface area contributed by atoms with Crippen LogP contribution in [-0.4, -0.2) is 13.7 Å². The summed E-state index contributed by atoms with van der Waals surface area (Å²) >= 11 is 0. The Hall–Kier alpha value is -1.46. The number of nitrogens with one attached hydrogen (secondary N) is 1. The fraction of sp³-hybridized carbons (Fsp3) is 0.467. The fourth-order valence-electron chi connectivity index (χ4n) is 1.84. The Labute approximate surface area is 104 Å². The molecule has 2 heteroatoms. The quantitative estimate of drug-likeness (QED) is 0.575. The third-order valence-corrected chi connectivity index (χ3v) is 2.77. The summed E-state index contributed by atoms with van der Waals surface area (Å²) in [5.74, 6) is 3.58. The van der Waals surface area contributed by atoms with Gasteiger partial charge >= 0.3 is 0 Å². The molecule has 0 aliphatic heterocycles. The van der Waals surface area contributed by atoms with E-state index in [4.69, 9.17) is 11.2 Å². The predicted octanol–water partition coefficient (Wildman–Crippen LogP) is 3.15. The molecule has 1 atom stereocenters. The minimum absolute atomic E-state index is 0.346. The summed E-state index contributed by atoms with van der Waals surface area (Å²) in [6.45, 7) is 2.84. The monoisotopic (exact) mass is 231 g/mol. The van der Waals surface area contributed by atoms with Crippen molar-refractivity contribution in [3.8, 4) is 18.1 Å². The number of hydrogen-bond acceptors (Lipinski definition) is 2. The van der Waals surface area contributed by atoms with Gasteiger partial charge in [0.05, 0.1) is 6.61 Å². The van der Waals surface area contributed by atoms with E-state index >= 15 is 0 Å². The van der Waals surface area contributed by atoms with Crippen LogP contribution in [0.15, 0.2) is 24.3 Å². The maximum Gasteiger partial charge on any atom is 0.124 e. The van der Waals surface area contributed by atoms with Gasteiger partial charge in [-0.3, -0.25) is 0 Å². The second kappa shape index (κ2) is 7.76. The van der Waals surface area contributed by atoms with Gasteiger partial charge in [0.2, 0.25) is 0 Å². The molecule has 0 aliphatic carbocycles. The van der Waals surface area contributed by atoms with E-state index in [1.54, 1.807) is 0 Å². The highest BCUT2D eigenvalue weighted by Crippen LogP contribution is 2.26. The van der Waals surface area contributed by atoms with Crippen LogP contribution in [0.4, 0.5) is 0 Å². The van der Waals surface area contributed by atoms with E-state index < -0.39 is 0 Å². The Kier molecular flexibility index (Phi) is 6.21. The summed E-state index contributed by atoms with van der Waals surface area (Å²) in [4.78, 5) is 0. The molecule has 2 nitrogen and oxygen atoms in total. The molecule has 1 unspecified atom stereocenters. The highest BCUT2D eigenvalue weighted by molar-refractivity contribution is 5.35. The molecule has 0 amide bonds. The van der Waals surface area contributed by atoms with Gasteiger partial charge in [0.1, 0.15) is 5.75 Å². The summed E-state index contributed by atoms with van der Waals surface area (Å²) in [5.41, 5.74) is 1.22. The average molecular weight is 231 g/mol. The Morgan fingerprint density at radius 1 is 1.41 bits per heavy atom. The van der Waals surface area contributed by atoms with E-state index in [1.165, 1.54) is 5.56 Å². The summed E-state index contributed by atoms with van der Waals surface area (Å²) in [5, 5.41) is 3.30. The molecule has 0 bridgehead atoms. The normalized spacial score (nSPS) is 11.8. The maximum atomic E-state index is 5.79. The number of hydrogen-bond donors (Lipinski definition) is 1. The standard InChI is InChI=1S/C15H21NO/c1-4-6-9-12-17-15-11-8-7-10-13(15)14(5-2)16-3/h1,7-8,10-11,14,16H,5-6,9,12H2,2-3H3. The van der Waals surface area contributed by atoms with Gasteiger partial charge in [-0.15, -0.1) is 12.3 Å². The van der Waals surface area contributed by atoms with Crippen molar-refractivity contribution >= 4 is 0 Å². The molecule has 1 N–H and O–H groups in total. The minimum Gasteiger partial charge on any atom is -0.493 e. The number of terminal acetylenes is 1. The first kappa shape index (κ1) is 13.6. The van der Waals surface area contributed by atoms with Crippen LogP contribution in [0.5, 0.6) is 5.75 Å². The van der Waals surface area contributed by atoms with Gasteiger partial charge in [0, 0.05) is 18.0 Å². The molecule has 0 radical (unpaired) electrons. The highest BCUT2D eigenvalue weighted by Gasteiger charge is 2.11. The average Bonchev–Trinajstić information content (AvgIpc) is 2.38. The highest BCUT2D eigenvalue weighted by atomic mass is 16.5. The summed E-state index contributed by atoms with van der Waals surface area (Å²) < 4.78 is 5.79. The van der Waals surface area contributed by atoms with Gasteiger partial charge in [0.25, 0.3) is 0 Å². The predicted molar refractivity (Wildman–Crippen MR) is 72.1 cm³/mol. The first-order chi connectivity index (χ1) is 8.33. The molecular weight excluding hydrogens is 210 g/mol. The van der Waals surface area contributed by atoms with Crippen LogP contribution in [0, 0.1) is 12.3 Å². The second-order valence-electron chi connectivity index (χ2n) is 3.94. The van der Waals surface area contributed by atoms with Crippen molar-refractivity contribution in [3.05, 3.63) is 29.8 Å². The summed E-state index contributed by atoms with van der Waals surface area (Å²) in [6, 6.07) is 8.53. The smallest absolute Gasteiger partial charge is 0.124 e. The van der Waals surface area contributed by atoms with Gasteiger partial charge in [-0.05, 0) is 26.0 Å². The first-order valence-corrected chi connectivity index (χ1v) is 6.16. The van der Waals surface area contributed by atoms with Crippen molar-refractivity contribution in [2.75, 3.05) is 13.7 Å². The second-order valence-corrected chi connectivity index (χ2v) is 3.94. The van der Waals surface area contributed by atoms with E-state index in [9.17, 15) is 0 Å². The topological polar surface area (TPSA) is 21.3 Å². The van der Waals surface area contributed by atoms with Crippen LogP contribution in [0.1, 0.15) is 37.8 Å². The third-order valence-electron chi connectivity index (χ3n) is 2.77. The zero-order chi connectivity index (χ0) is 12.5. The number of ether oxygens (including phenoxy) is 1. The SMILES string of the molecule is C#CCCCOc1ccccc1C(CC)NC. The van der Waals surface area contributed by atoms with E-state index in [1.807, 2.05) is 25.2 Å². The van der Waals surface area contributed by atoms with Crippen LogP contribution in [0.2, 0.25) is 0 Å². The lowest BCUT2D eigenvalue weighted by atomic mass is 10.0. The molecule has 1 rings (SSSR count). The lowest BCUT2D eigenvalue weighted by Gasteiger charge is -2.18. The van der Waals surface area contributed by atoms with Crippen LogP contribution in [-0.2, 0) is 0 Å². The molecule has 0 aliphatic rings. The molecule has 0 fully saturated rings. The maximum absolute atomic E-state index is 5.79. The molecular formula is C15H21NO. The van der Waals surface area contributed by atoms with Crippen molar-refractivity contribution in [1.29, 1.82) is 0 Å². The third kappa shape index (κ3) is 4.13. The van der Waals surface area contributed by atoms with E-state index in [2.05, 4.69) is 24.2 Å². The summed E-state index contributed by atoms with van der Waals surface area (Å²) in [6.07, 6.45) is 7.93. The van der Waals surface area contributed by atoms with Crippen LogP contribution in [0.3, 0.4) is 0 Å². The van der Waals surface area contributed by atoms with Crippen molar-refractivity contribution in [3.63, 3.8) is 0 Å². The Morgan fingerprint density at radius 3 is 2.82 bits per heavy atom. The number of benzene rings is 1. The molecule has 0 heterocycles. The zero-order valence-electron chi connectivity index (χ0n) is 10.7. The van der Waals surface area contributed by atoms with E-state index in [0.29, 0.717) is 12.6 Å². The van der Waals surface area contributed by atoms with Gasteiger partial charge < -0.3 is 10.1 Å².